The molecule has 1 fully saturated rings. The summed E-state index contributed by atoms with van der Waals surface area (Å²) in [5, 5.41) is 8.62. The van der Waals surface area contributed by atoms with E-state index < -0.39 is 5.82 Å². The van der Waals surface area contributed by atoms with Crippen LogP contribution in [0.15, 0.2) is 18.2 Å². The molecule has 9 heteroatoms. The summed E-state index contributed by atoms with van der Waals surface area (Å²) < 4.78 is 21.4. The lowest BCUT2D eigenvalue weighted by Gasteiger charge is -2.26. The molecule has 0 atom stereocenters. The van der Waals surface area contributed by atoms with Crippen LogP contribution in [0.3, 0.4) is 0 Å². The second-order valence-electron chi connectivity index (χ2n) is 8.49. The van der Waals surface area contributed by atoms with Crippen LogP contribution in [0.2, 0.25) is 5.02 Å². The maximum atomic E-state index is 13.9. The molecule has 1 aliphatic heterocycles. The predicted octanol–water partition coefficient (Wildman–Crippen LogP) is 3.82. The maximum absolute atomic E-state index is 13.9. The Labute approximate surface area is 190 Å². The first-order valence-electron chi connectivity index (χ1n) is 10.9. The molecule has 1 aliphatic carbocycles. The third-order valence-corrected chi connectivity index (χ3v) is 6.86. The number of benzene rings is 1. The van der Waals surface area contributed by atoms with Crippen LogP contribution < -0.4 is 10.1 Å². The summed E-state index contributed by atoms with van der Waals surface area (Å²) in [7, 11) is 0. The van der Waals surface area contributed by atoms with Gasteiger partial charge in [0.2, 0.25) is 0 Å². The summed E-state index contributed by atoms with van der Waals surface area (Å²) in [4.78, 5) is 19.6. The maximum Gasteiger partial charge on any atom is 0.258 e. The minimum absolute atomic E-state index is 0.217. The minimum Gasteiger partial charge on any atom is -0.491 e. The molecule has 2 aromatic heterocycles. The van der Waals surface area contributed by atoms with Gasteiger partial charge in [-0.15, -0.1) is 0 Å². The van der Waals surface area contributed by atoms with E-state index in [0.29, 0.717) is 48.5 Å². The van der Waals surface area contributed by atoms with Gasteiger partial charge in [0.25, 0.3) is 5.91 Å². The van der Waals surface area contributed by atoms with Gasteiger partial charge >= 0.3 is 0 Å². The van der Waals surface area contributed by atoms with Crippen LogP contribution in [-0.4, -0.2) is 44.6 Å². The van der Waals surface area contributed by atoms with Crippen LogP contribution in [0.25, 0.3) is 5.65 Å². The number of fused-ring (bicyclic) bond motifs is 3. The molecule has 0 radical (unpaired) electrons. The number of ether oxygens (including phenoxy) is 1. The SMILES string of the molecule is Cc1nc2c3c(nn2c(C)c1Cl)CN(C(=O)c1ccc(F)cc1OCCNC1CCC1)C3. The van der Waals surface area contributed by atoms with E-state index in [9.17, 15) is 9.18 Å². The van der Waals surface area contributed by atoms with Crippen molar-refractivity contribution in [3.05, 3.63) is 57.2 Å². The highest BCUT2D eigenvalue weighted by Crippen LogP contribution is 2.31. The minimum atomic E-state index is -0.433. The number of carbonyl (C=O) groups excluding carboxylic acids is 1. The number of nitrogens with zero attached hydrogens (tertiary/aromatic N) is 4. The second-order valence-corrected chi connectivity index (χ2v) is 8.87. The molecule has 32 heavy (non-hydrogen) atoms. The van der Waals surface area contributed by atoms with Gasteiger partial charge in [0.1, 0.15) is 18.2 Å². The highest BCUT2D eigenvalue weighted by Gasteiger charge is 2.31. The van der Waals surface area contributed by atoms with E-state index in [1.54, 1.807) is 9.42 Å². The summed E-state index contributed by atoms with van der Waals surface area (Å²) in [6.45, 7) is 5.52. The molecule has 0 spiro atoms. The van der Waals surface area contributed by atoms with Gasteiger partial charge in [-0.1, -0.05) is 18.0 Å². The summed E-state index contributed by atoms with van der Waals surface area (Å²) in [6.07, 6.45) is 3.62. The number of hydrogen-bond acceptors (Lipinski definition) is 5. The molecule has 7 nitrogen and oxygen atoms in total. The molecule has 0 unspecified atom stereocenters. The van der Waals surface area contributed by atoms with E-state index >= 15 is 0 Å². The van der Waals surface area contributed by atoms with Crippen LogP contribution in [-0.2, 0) is 13.1 Å². The van der Waals surface area contributed by atoms with Crippen LogP contribution in [0.5, 0.6) is 5.75 Å². The van der Waals surface area contributed by atoms with Crippen LogP contribution in [0.4, 0.5) is 4.39 Å². The molecular formula is C23H25ClFN5O2. The average molecular weight is 458 g/mol. The van der Waals surface area contributed by atoms with Crippen LogP contribution >= 0.6 is 11.6 Å². The van der Waals surface area contributed by atoms with Gasteiger partial charge in [-0.25, -0.2) is 13.9 Å². The van der Waals surface area contributed by atoms with Crippen molar-refractivity contribution in [2.75, 3.05) is 13.2 Å². The number of aryl methyl sites for hydroxylation is 2. The van der Waals surface area contributed by atoms with Crippen molar-refractivity contribution in [1.82, 2.24) is 24.8 Å². The fourth-order valence-corrected chi connectivity index (χ4v) is 4.38. The van der Waals surface area contributed by atoms with Crippen molar-refractivity contribution in [3.63, 3.8) is 0 Å². The zero-order chi connectivity index (χ0) is 22.4. The number of hydrogen-bond donors (Lipinski definition) is 1. The molecule has 3 aromatic rings. The highest BCUT2D eigenvalue weighted by molar-refractivity contribution is 6.31. The second kappa shape index (κ2) is 8.33. The normalized spacial score (nSPS) is 15.8. The van der Waals surface area contributed by atoms with Crippen molar-refractivity contribution in [2.24, 2.45) is 0 Å². The van der Waals surface area contributed by atoms with Crippen molar-refractivity contribution in [1.29, 1.82) is 0 Å². The topological polar surface area (TPSA) is 71.8 Å². The smallest absolute Gasteiger partial charge is 0.258 e. The molecule has 1 saturated carbocycles. The van der Waals surface area contributed by atoms with E-state index in [1.807, 2.05) is 13.8 Å². The summed E-state index contributed by atoms with van der Waals surface area (Å²) in [5.41, 5.74) is 4.33. The Morgan fingerprint density at radius 3 is 2.88 bits per heavy atom. The Morgan fingerprint density at radius 2 is 2.12 bits per heavy atom. The van der Waals surface area contributed by atoms with E-state index in [4.69, 9.17) is 16.3 Å². The molecule has 1 N–H and O–H groups in total. The molecular weight excluding hydrogens is 433 g/mol. The fourth-order valence-electron chi connectivity index (χ4n) is 4.26. The molecule has 168 valence electrons. The van der Waals surface area contributed by atoms with Gasteiger partial charge in [0.15, 0.2) is 5.65 Å². The fraction of sp³-hybridized carbons (Fsp3) is 0.435. The van der Waals surface area contributed by atoms with E-state index in [-0.39, 0.29) is 11.7 Å². The number of halogens is 2. The van der Waals surface area contributed by atoms with Crippen molar-refractivity contribution < 1.29 is 13.9 Å². The Bertz CT molecular complexity index is 1210. The molecule has 0 bridgehead atoms. The molecule has 1 aromatic carbocycles. The van der Waals surface area contributed by atoms with Crippen molar-refractivity contribution in [2.45, 2.75) is 52.2 Å². The Hall–Kier alpha value is -2.71. The quantitative estimate of drug-likeness (QED) is 0.570. The van der Waals surface area contributed by atoms with Gasteiger partial charge < -0.3 is 15.0 Å². The molecule has 1 amide bonds. The zero-order valence-corrected chi connectivity index (χ0v) is 18.9. The van der Waals surface area contributed by atoms with E-state index in [1.165, 1.54) is 37.5 Å². The van der Waals surface area contributed by atoms with E-state index in [0.717, 1.165) is 22.6 Å². The lowest BCUT2D eigenvalue weighted by molar-refractivity contribution is 0.0745. The highest BCUT2D eigenvalue weighted by atomic mass is 35.5. The predicted molar refractivity (Wildman–Crippen MR) is 119 cm³/mol. The van der Waals surface area contributed by atoms with Crippen molar-refractivity contribution in [3.8, 4) is 5.75 Å². The zero-order valence-electron chi connectivity index (χ0n) is 18.1. The third kappa shape index (κ3) is 3.71. The summed E-state index contributed by atoms with van der Waals surface area (Å²) in [5.74, 6) is -0.385. The lowest BCUT2D eigenvalue weighted by atomic mass is 9.93. The number of rotatable bonds is 6. The first-order chi connectivity index (χ1) is 15.4. The van der Waals surface area contributed by atoms with Crippen molar-refractivity contribution >= 4 is 23.2 Å². The van der Waals surface area contributed by atoms with Gasteiger partial charge in [-0.3, -0.25) is 4.79 Å². The summed E-state index contributed by atoms with van der Waals surface area (Å²) >= 11 is 6.31. The Morgan fingerprint density at radius 1 is 1.31 bits per heavy atom. The van der Waals surface area contributed by atoms with Gasteiger partial charge in [-0.2, -0.15) is 5.10 Å². The first kappa shape index (κ1) is 21.2. The Kier molecular flexibility index (Phi) is 5.51. The largest absolute Gasteiger partial charge is 0.491 e. The standard InChI is InChI=1S/C23H25ClFN5O2/c1-13-21(24)14(2)30-22(27-13)18-11-29(12-19(18)28-30)23(31)17-7-6-15(25)10-20(17)32-9-8-26-16-4-3-5-16/h6-7,10,16,26H,3-5,8-9,11-12H2,1-2H3. The number of aromatic nitrogens is 3. The first-order valence-corrected chi connectivity index (χ1v) is 11.3. The lowest BCUT2D eigenvalue weighted by Crippen LogP contribution is -2.37. The molecule has 5 rings (SSSR count). The molecule has 3 heterocycles. The van der Waals surface area contributed by atoms with Gasteiger partial charge in [-0.05, 0) is 38.8 Å². The monoisotopic (exact) mass is 457 g/mol. The van der Waals surface area contributed by atoms with Gasteiger partial charge in [0.05, 0.1) is 40.8 Å². The average Bonchev–Trinajstić information content (AvgIpc) is 3.29. The third-order valence-electron chi connectivity index (χ3n) is 6.31. The summed E-state index contributed by atoms with van der Waals surface area (Å²) in [6, 6.07) is 4.60. The number of amides is 1. The number of carbonyl (C=O) groups is 1. The molecule has 2 aliphatic rings. The number of nitrogens with one attached hydrogen (secondary N) is 1. The van der Waals surface area contributed by atoms with Crippen LogP contribution in [0.1, 0.15) is 52.3 Å². The molecule has 0 saturated heterocycles. The Balaban J connectivity index is 1.33. The van der Waals surface area contributed by atoms with E-state index in [2.05, 4.69) is 15.4 Å². The van der Waals surface area contributed by atoms with Gasteiger partial charge in [0, 0.05) is 24.2 Å². The van der Waals surface area contributed by atoms with Crippen LogP contribution in [0, 0.1) is 19.7 Å².